The van der Waals surface area contributed by atoms with Crippen molar-refractivity contribution in [2.45, 2.75) is 44.9 Å². The normalized spacial score (nSPS) is 27.9. The molecule has 3 rings (SSSR count). The number of carbonyl (C=O) groups is 1. The summed E-state index contributed by atoms with van der Waals surface area (Å²) < 4.78 is 0. The van der Waals surface area contributed by atoms with Gasteiger partial charge in [0.05, 0.1) is 5.56 Å². The van der Waals surface area contributed by atoms with Gasteiger partial charge in [-0.2, -0.15) is 5.10 Å². The second kappa shape index (κ2) is 6.16. The van der Waals surface area contributed by atoms with Crippen molar-refractivity contribution >= 4 is 11.6 Å². The van der Waals surface area contributed by atoms with E-state index in [0.29, 0.717) is 5.56 Å². The molecule has 0 radical (unpaired) electrons. The van der Waals surface area contributed by atoms with E-state index in [9.17, 15) is 4.79 Å². The maximum absolute atomic E-state index is 11.9. The number of aromatic nitrogens is 1. The fourth-order valence-corrected chi connectivity index (χ4v) is 3.48. The molecule has 2 aliphatic rings. The van der Waals surface area contributed by atoms with Gasteiger partial charge >= 0.3 is 0 Å². The molecule has 1 aromatic rings. The van der Waals surface area contributed by atoms with Gasteiger partial charge in [0.25, 0.3) is 5.91 Å². The second-order valence-corrected chi connectivity index (χ2v) is 5.91. The molecule has 0 bridgehead atoms. The van der Waals surface area contributed by atoms with E-state index in [0.717, 1.165) is 30.4 Å². The second-order valence-electron chi connectivity index (χ2n) is 5.91. The highest BCUT2D eigenvalue weighted by Crippen LogP contribution is 2.39. The quantitative estimate of drug-likeness (QED) is 0.840. The molecule has 2 fully saturated rings. The number of carbonyl (C=O) groups excluding carboxylic acids is 1. The minimum atomic E-state index is -0.170. The van der Waals surface area contributed by atoms with Gasteiger partial charge in [0, 0.05) is 18.1 Å². The Morgan fingerprint density at radius 3 is 2.90 bits per heavy atom. The van der Waals surface area contributed by atoms with Crippen LogP contribution >= 0.6 is 0 Å². The van der Waals surface area contributed by atoms with Crippen molar-refractivity contribution in [3.63, 3.8) is 0 Å². The van der Waals surface area contributed by atoms with Crippen LogP contribution in [-0.2, 0) is 0 Å². The van der Waals surface area contributed by atoms with E-state index in [1.54, 1.807) is 24.5 Å². The Bertz CT molecular complexity index is 498. The molecule has 0 unspecified atom stereocenters. The summed E-state index contributed by atoms with van der Waals surface area (Å²) in [6, 6.07) is 3.51. The molecule has 4 heteroatoms. The van der Waals surface area contributed by atoms with Crippen molar-refractivity contribution in [2.75, 3.05) is 0 Å². The van der Waals surface area contributed by atoms with Crippen LogP contribution in [0, 0.1) is 11.8 Å². The van der Waals surface area contributed by atoms with Gasteiger partial charge in [0.2, 0.25) is 0 Å². The van der Waals surface area contributed by atoms with Crippen molar-refractivity contribution in [1.82, 2.24) is 10.4 Å². The van der Waals surface area contributed by atoms with Crippen LogP contribution in [0.1, 0.15) is 55.3 Å². The number of hydrazone groups is 1. The maximum atomic E-state index is 11.9. The molecule has 20 heavy (non-hydrogen) atoms. The summed E-state index contributed by atoms with van der Waals surface area (Å²) in [4.78, 5) is 15.9. The smallest absolute Gasteiger partial charge is 0.267 e. The van der Waals surface area contributed by atoms with E-state index in [-0.39, 0.29) is 5.91 Å². The lowest BCUT2D eigenvalue weighted by Crippen LogP contribution is -2.29. The van der Waals surface area contributed by atoms with E-state index >= 15 is 0 Å². The molecule has 4 nitrogen and oxygen atoms in total. The van der Waals surface area contributed by atoms with E-state index in [1.165, 1.54) is 32.1 Å². The first-order valence-corrected chi connectivity index (χ1v) is 7.59. The summed E-state index contributed by atoms with van der Waals surface area (Å²) in [5.41, 5.74) is 4.39. The van der Waals surface area contributed by atoms with Crippen LogP contribution in [0.5, 0.6) is 0 Å². The molecular weight excluding hydrogens is 250 g/mol. The number of nitrogens with zero attached hydrogens (tertiary/aromatic N) is 2. The molecule has 106 valence electrons. The molecule has 0 aliphatic heterocycles. The first-order valence-electron chi connectivity index (χ1n) is 7.59. The summed E-state index contributed by atoms with van der Waals surface area (Å²) in [5.74, 6) is 1.53. The van der Waals surface area contributed by atoms with Crippen LogP contribution in [0.15, 0.2) is 29.6 Å². The van der Waals surface area contributed by atoms with Gasteiger partial charge in [-0.3, -0.25) is 9.78 Å². The first kappa shape index (κ1) is 13.3. The molecule has 1 amide bonds. The Morgan fingerprint density at radius 2 is 2.10 bits per heavy atom. The summed E-state index contributed by atoms with van der Waals surface area (Å²) in [7, 11) is 0. The maximum Gasteiger partial charge on any atom is 0.272 e. The summed E-state index contributed by atoms with van der Waals surface area (Å²) >= 11 is 0. The lowest BCUT2D eigenvalue weighted by molar-refractivity contribution is 0.0953. The van der Waals surface area contributed by atoms with Crippen LogP contribution in [0.25, 0.3) is 0 Å². The Hall–Kier alpha value is -1.71. The fourth-order valence-electron chi connectivity index (χ4n) is 3.48. The Balaban J connectivity index is 1.58. The summed E-state index contributed by atoms with van der Waals surface area (Å²) in [6.07, 6.45) is 12.0. The monoisotopic (exact) mass is 271 g/mol. The topological polar surface area (TPSA) is 54.4 Å². The highest BCUT2D eigenvalue weighted by Gasteiger charge is 2.30. The Kier molecular flexibility index (Phi) is 4.09. The molecule has 1 N–H and O–H groups in total. The third kappa shape index (κ3) is 3.06. The third-order valence-corrected chi connectivity index (χ3v) is 4.61. The van der Waals surface area contributed by atoms with E-state index < -0.39 is 0 Å². The number of fused-ring (bicyclic) bond motifs is 1. The zero-order chi connectivity index (χ0) is 13.8. The Labute approximate surface area is 119 Å². The van der Waals surface area contributed by atoms with E-state index in [2.05, 4.69) is 15.5 Å². The van der Waals surface area contributed by atoms with Crippen LogP contribution < -0.4 is 5.43 Å². The summed E-state index contributed by atoms with van der Waals surface area (Å²) in [6.45, 7) is 0. The molecule has 2 atom stereocenters. The van der Waals surface area contributed by atoms with Crippen LogP contribution in [0.4, 0.5) is 0 Å². The van der Waals surface area contributed by atoms with Crippen LogP contribution in [0.3, 0.4) is 0 Å². The van der Waals surface area contributed by atoms with Gasteiger partial charge in [-0.1, -0.05) is 19.3 Å². The minimum Gasteiger partial charge on any atom is -0.267 e. The molecule has 0 saturated heterocycles. The lowest BCUT2D eigenvalue weighted by Gasteiger charge is -2.35. The zero-order valence-corrected chi connectivity index (χ0v) is 11.7. The van der Waals surface area contributed by atoms with Crippen molar-refractivity contribution in [3.8, 4) is 0 Å². The minimum absolute atomic E-state index is 0.170. The third-order valence-electron chi connectivity index (χ3n) is 4.61. The largest absolute Gasteiger partial charge is 0.272 e. The average molecular weight is 271 g/mol. The molecule has 0 spiro atoms. The van der Waals surface area contributed by atoms with Gasteiger partial charge in [-0.15, -0.1) is 0 Å². The Morgan fingerprint density at radius 1 is 1.25 bits per heavy atom. The molecule has 0 aromatic carbocycles. The van der Waals surface area contributed by atoms with E-state index in [4.69, 9.17) is 0 Å². The number of hydrogen-bond donors (Lipinski definition) is 1. The molecule has 1 aromatic heterocycles. The highest BCUT2D eigenvalue weighted by atomic mass is 16.2. The van der Waals surface area contributed by atoms with Crippen LogP contribution in [0.2, 0.25) is 0 Å². The number of rotatable bonds is 2. The van der Waals surface area contributed by atoms with Crippen molar-refractivity contribution in [1.29, 1.82) is 0 Å². The number of nitrogens with one attached hydrogen (secondary N) is 1. The zero-order valence-electron chi connectivity index (χ0n) is 11.7. The van der Waals surface area contributed by atoms with Gasteiger partial charge in [0.1, 0.15) is 0 Å². The van der Waals surface area contributed by atoms with Gasteiger partial charge in [-0.05, 0) is 49.7 Å². The first-order chi connectivity index (χ1) is 9.83. The predicted molar refractivity (Wildman–Crippen MR) is 78.4 cm³/mol. The number of hydrogen-bond acceptors (Lipinski definition) is 3. The molecule has 2 aliphatic carbocycles. The van der Waals surface area contributed by atoms with Gasteiger partial charge < -0.3 is 0 Å². The van der Waals surface area contributed by atoms with Crippen molar-refractivity contribution in [3.05, 3.63) is 30.1 Å². The molecule has 1 heterocycles. The molecular formula is C16H21N3O. The highest BCUT2D eigenvalue weighted by molar-refractivity contribution is 5.95. The number of pyridine rings is 1. The standard InChI is InChI=1S/C16H21N3O/c20-16(14-6-3-9-17-11-14)19-18-15-8-7-12-4-1-2-5-13(12)10-15/h3,6,9,11-13H,1-2,4-5,7-8,10H2,(H,19,20)/b18-15-/t12-,13+/m0/s1. The SMILES string of the molecule is O=C(N/N=C1/CC[C@@H]2CCCC[C@@H]2C1)c1cccnc1. The fraction of sp³-hybridized carbons (Fsp3) is 0.562. The van der Waals surface area contributed by atoms with E-state index in [1.807, 2.05) is 0 Å². The number of amides is 1. The van der Waals surface area contributed by atoms with Crippen LogP contribution in [-0.4, -0.2) is 16.6 Å². The average Bonchev–Trinajstić information content (AvgIpc) is 2.53. The predicted octanol–water partition coefficient (Wildman–Crippen LogP) is 3.16. The van der Waals surface area contributed by atoms with Gasteiger partial charge in [0.15, 0.2) is 0 Å². The lowest BCUT2D eigenvalue weighted by atomic mass is 9.70. The van der Waals surface area contributed by atoms with Crippen molar-refractivity contribution < 1.29 is 4.79 Å². The van der Waals surface area contributed by atoms with Gasteiger partial charge in [-0.25, -0.2) is 5.43 Å². The summed E-state index contributed by atoms with van der Waals surface area (Å²) in [5, 5.41) is 4.34. The van der Waals surface area contributed by atoms with Crippen molar-refractivity contribution in [2.24, 2.45) is 16.9 Å². The molecule has 2 saturated carbocycles.